The van der Waals surface area contributed by atoms with E-state index >= 15 is 0 Å². The Morgan fingerprint density at radius 2 is 2.11 bits per heavy atom. The Balaban J connectivity index is 1.29. The summed E-state index contributed by atoms with van der Waals surface area (Å²) in [7, 11) is 0. The molecule has 2 aliphatic rings. The van der Waals surface area contributed by atoms with Crippen LogP contribution in [0.15, 0.2) is 58.7 Å². The lowest BCUT2D eigenvalue weighted by Gasteiger charge is -2.30. The Hall–Kier alpha value is -3.04. The van der Waals surface area contributed by atoms with Crippen LogP contribution in [0, 0.1) is 5.82 Å². The maximum absolute atomic E-state index is 13.1. The van der Waals surface area contributed by atoms with Gasteiger partial charge in [0.15, 0.2) is 0 Å². The monoisotopic (exact) mass is 397 g/mol. The molecule has 2 aliphatic heterocycles. The second kappa shape index (κ2) is 6.84. The molecule has 1 aromatic carbocycles. The van der Waals surface area contributed by atoms with Gasteiger partial charge in [-0.15, -0.1) is 11.3 Å². The van der Waals surface area contributed by atoms with Crippen LogP contribution in [0.25, 0.3) is 11.4 Å². The molecule has 5 rings (SSSR count). The van der Waals surface area contributed by atoms with Crippen LogP contribution in [-0.2, 0) is 11.3 Å². The first-order valence-electron chi connectivity index (χ1n) is 8.82. The van der Waals surface area contributed by atoms with E-state index in [-0.39, 0.29) is 30.4 Å². The van der Waals surface area contributed by atoms with Crippen LogP contribution in [0.5, 0.6) is 0 Å². The third-order valence-corrected chi connectivity index (χ3v) is 5.82. The molecule has 0 saturated carbocycles. The van der Waals surface area contributed by atoms with E-state index in [0.717, 1.165) is 0 Å². The highest BCUT2D eigenvalue weighted by Gasteiger charge is 2.40. The maximum atomic E-state index is 13.1. The quantitative estimate of drug-likeness (QED) is 0.729. The molecule has 1 N–H and O–H groups in total. The van der Waals surface area contributed by atoms with Crippen LogP contribution in [-0.4, -0.2) is 32.0 Å². The second-order valence-corrected chi connectivity index (χ2v) is 7.62. The lowest BCUT2D eigenvalue weighted by Crippen LogP contribution is -2.47. The highest BCUT2D eigenvalue weighted by Crippen LogP contribution is 2.33. The number of aromatic nitrogens is 2. The summed E-state index contributed by atoms with van der Waals surface area (Å²) in [5, 5.41) is 7.82. The molecule has 0 bridgehead atoms. The van der Waals surface area contributed by atoms with Crippen molar-refractivity contribution >= 4 is 17.2 Å². The fourth-order valence-corrected chi connectivity index (χ4v) is 4.21. The summed E-state index contributed by atoms with van der Waals surface area (Å²) in [6.45, 7) is 0.192. The Kier molecular flexibility index (Phi) is 4.18. The van der Waals surface area contributed by atoms with E-state index in [1.165, 1.54) is 17.0 Å². The van der Waals surface area contributed by atoms with Crippen molar-refractivity contribution in [1.82, 2.24) is 25.5 Å². The van der Waals surface area contributed by atoms with Gasteiger partial charge >= 0.3 is 0 Å². The predicted octanol–water partition coefficient (Wildman–Crippen LogP) is 3.07. The Bertz CT molecular complexity index is 1020. The Labute approximate surface area is 164 Å². The molecule has 2 atom stereocenters. The Morgan fingerprint density at radius 1 is 1.25 bits per heavy atom. The van der Waals surface area contributed by atoms with Crippen molar-refractivity contribution in [2.45, 2.75) is 25.0 Å². The summed E-state index contributed by atoms with van der Waals surface area (Å²) in [6.07, 6.45) is 4.27. The van der Waals surface area contributed by atoms with Gasteiger partial charge in [-0.2, -0.15) is 4.98 Å². The molecular weight excluding hydrogens is 381 g/mol. The third-order valence-electron chi connectivity index (χ3n) is 4.84. The number of amides is 1. The highest BCUT2D eigenvalue weighted by molar-refractivity contribution is 7.10. The predicted molar refractivity (Wildman–Crippen MR) is 99.8 cm³/mol. The van der Waals surface area contributed by atoms with Gasteiger partial charge in [0.05, 0.1) is 6.04 Å². The average molecular weight is 397 g/mol. The molecule has 0 spiro atoms. The van der Waals surface area contributed by atoms with Gasteiger partial charge in [0, 0.05) is 29.3 Å². The summed E-state index contributed by atoms with van der Waals surface area (Å²) in [5.41, 5.74) is 4.02. The summed E-state index contributed by atoms with van der Waals surface area (Å²) in [5.74, 6) is 0.347. The van der Waals surface area contributed by atoms with Crippen molar-refractivity contribution in [3.05, 3.63) is 70.8 Å². The topological polar surface area (TPSA) is 74.5 Å². The molecule has 28 heavy (non-hydrogen) atoms. The molecule has 0 radical (unpaired) electrons. The van der Waals surface area contributed by atoms with Gasteiger partial charge in [0.1, 0.15) is 18.4 Å². The van der Waals surface area contributed by atoms with Gasteiger partial charge < -0.3 is 14.4 Å². The third kappa shape index (κ3) is 3.08. The van der Waals surface area contributed by atoms with Crippen LogP contribution in [0.3, 0.4) is 0 Å². The highest BCUT2D eigenvalue weighted by atomic mass is 32.1. The van der Waals surface area contributed by atoms with Crippen LogP contribution in [0.2, 0.25) is 0 Å². The molecule has 4 heterocycles. The molecule has 2 aromatic heterocycles. The lowest BCUT2D eigenvalue weighted by atomic mass is 10.1. The molecule has 1 saturated heterocycles. The number of halogens is 1. The van der Waals surface area contributed by atoms with E-state index in [9.17, 15) is 9.18 Å². The Morgan fingerprint density at radius 3 is 2.89 bits per heavy atom. The number of fused-ring (bicyclic) bond motifs is 1. The zero-order valence-corrected chi connectivity index (χ0v) is 15.5. The molecule has 3 aromatic rings. The van der Waals surface area contributed by atoms with Gasteiger partial charge in [-0.1, -0.05) is 11.2 Å². The number of hydrogen-bond acceptors (Lipinski definition) is 7. The summed E-state index contributed by atoms with van der Waals surface area (Å²) in [4.78, 5) is 20.0. The first kappa shape index (κ1) is 17.1. The standard InChI is InChI=1S/C19H16FN5O2S/c20-13-5-3-12(4-6-13)18-21-17(27-23-18)11-24-7-8-25-15(19(24)26)10-14(22-25)16-2-1-9-28-16/h1-9,14-15,22H,10-11H2. The number of benzene rings is 1. The minimum atomic E-state index is -0.327. The molecule has 2 unspecified atom stereocenters. The second-order valence-electron chi connectivity index (χ2n) is 6.64. The normalized spacial score (nSPS) is 21.4. The summed E-state index contributed by atoms with van der Waals surface area (Å²) in [6, 6.07) is 9.80. The van der Waals surface area contributed by atoms with E-state index in [0.29, 0.717) is 23.7 Å². The average Bonchev–Trinajstić information content (AvgIpc) is 3.45. The number of rotatable bonds is 4. The number of hydrazine groups is 1. The molecular formula is C19H16FN5O2S. The van der Waals surface area contributed by atoms with Crippen molar-refractivity contribution in [3.63, 3.8) is 0 Å². The molecule has 1 amide bonds. The van der Waals surface area contributed by atoms with Gasteiger partial charge in [0.25, 0.3) is 5.91 Å². The van der Waals surface area contributed by atoms with Gasteiger partial charge in [-0.3, -0.25) is 4.79 Å². The molecule has 0 aliphatic carbocycles. The molecule has 9 heteroatoms. The number of thiophene rings is 1. The number of nitrogens with zero attached hydrogens (tertiary/aromatic N) is 4. The minimum Gasteiger partial charge on any atom is -0.337 e. The molecule has 1 fully saturated rings. The van der Waals surface area contributed by atoms with E-state index in [2.05, 4.69) is 21.6 Å². The number of carbonyl (C=O) groups is 1. The van der Waals surface area contributed by atoms with E-state index in [4.69, 9.17) is 4.52 Å². The van der Waals surface area contributed by atoms with Crippen molar-refractivity contribution in [3.8, 4) is 11.4 Å². The number of nitrogens with one attached hydrogen (secondary N) is 1. The zero-order valence-electron chi connectivity index (χ0n) is 14.7. The smallest absolute Gasteiger partial charge is 0.251 e. The molecule has 7 nitrogen and oxygen atoms in total. The fourth-order valence-electron chi connectivity index (χ4n) is 3.42. The maximum Gasteiger partial charge on any atom is 0.251 e. The van der Waals surface area contributed by atoms with Crippen molar-refractivity contribution in [2.75, 3.05) is 0 Å². The first-order chi connectivity index (χ1) is 13.7. The van der Waals surface area contributed by atoms with Crippen molar-refractivity contribution < 1.29 is 13.7 Å². The number of hydrogen-bond donors (Lipinski definition) is 1. The minimum absolute atomic E-state index is 0.0180. The SMILES string of the molecule is O=C1C2CC(c3cccs3)NN2C=CN1Cc1nc(-c2ccc(F)cc2)no1. The summed E-state index contributed by atoms with van der Waals surface area (Å²) >= 11 is 1.68. The van der Waals surface area contributed by atoms with Crippen molar-refractivity contribution in [2.24, 2.45) is 0 Å². The zero-order chi connectivity index (χ0) is 19.1. The van der Waals surface area contributed by atoms with E-state index in [1.807, 2.05) is 22.7 Å². The van der Waals surface area contributed by atoms with Crippen molar-refractivity contribution in [1.29, 1.82) is 0 Å². The first-order valence-corrected chi connectivity index (χ1v) is 9.70. The van der Waals surface area contributed by atoms with E-state index < -0.39 is 0 Å². The van der Waals surface area contributed by atoms with Crippen LogP contribution in [0.1, 0.15) is 23.2 Å². The van der Waals surface area contributed by atoms with Crippen LogP contribution in [0.4, 0.5) is 4.39 Å². The fraction of sp³-hybridized carbons (Fsp3) is 0.211. The van der Waals surface area contributed by atoms with E-state index in [1.54, 1.807) is 34.6 Å². The molecule has 142 valence electrons. The van der Waals surface area contributed by atoms with Gasteiger partial charge in [-0.05, 0) is 35.7 Å². The lowest BCUT2D eigenvalue weighted by molar-refractivity contribution is -0.135. The van der Waals surface area contributed by atoms with Gasteiger partial charge in [-0.25, -0.2) is 9.82 Å². The largest absolute Gasteiger partial charge is 0.337 e. The van der Waals surface area contributed by atoms with Gasteiger partial charge in [0.2, 0.25) is 11.7 Å². The summed E-state index contributed by atoms with van der Waals surface area (Å²) < 4.78 is 18.3. The van der Waals surface area contributed by atoms with Crippen LogP contribution >= 0.6 is 11.3 Å². The number of carbonyl (C=O) groups excluding carboxylic acids is 1. The van der Waals surface area contributed by atoms with Crippen LogP contribution < -0.4 is 5.43 Å².